The molecule has 282 valence electrons. The molecule has 10 atom stereocenters. The highest BCUT2D eigenvalue weighted by Crippen LogP contribution is 2.43. The molecule has 0 spiro atoms. The first-order chi connectivity index (χ1) is 25.3. The zero-order valence-electron chi connectivity index (χ0n) is 27.5. The minimum atomic E-state index is -1.87. The molecule has 0 amide bonds. The number of carbonyl (C=O) groups is 1. The van der Waals surface area contributed by atoms with Gasteiger partial charge in [-0.25, -0.2) is 4.79 Å². The minimum Gasteiger partial charge on any atom is -0.508 e. The number of phenolic OH excluding ortho intramolecular Hbond substituents is 2. The molecule has 2 fully saturated rings. The van der Waals surface area contributed by atoms with Gasteiger partial charge in [-0.3, -0.25) is 4.79 Å². The molecule has 53 heavy (non-hydrogen) atoms. The van der Waals surface area contributed by atoms with Crippen LogP contribution >= 0.6 is 0 Å². The number of hydrogen-bond acceptors (Lipinski definition) is 17. The molecule has 4 aliphatic rings. The Labute approximate surface area is 299 Å². The van der Waals surface area contributed by atoms with E-state index in [-0.39, 0.29) is 40.1 Å². The lowest BCUT2D eigenvalue weighted by Gasteiger charge is -2.40. The first kappa shape index (κ1) is 37.7. The average molecular weight is 741 g/mol. The summed E-state index contributed by atoms with van der Waals surface area (Å²) < 4.78 is 34.3. The number of ether oxygens (including phenoxy) is 5. The van der Waals surface area contributed by atoms with Crippen molar-refractivity contribution in [1.29, 1.82) is 0 Å². The molecule has 3 aliphatic heterocycles. The quantitative estimate of drug-likeness (QED) is 0.0728. The molecule has 9 N–H and O–H groups in total. The molecule has 6 rings (SSSR count). The Hall–Kier alpha value is -5.08. The fraction of sp³-hybridized carbons (Fsp3) is 0.333. The highest BCUT2D eigenvalue weighted by Gasteiger charge is 2.47. The SMILES string of the molecule is O=C(C=Cc1ccc(O)cc1)OCC1OC(Oc2cc3c(OC4OC(CO)C(O)C(O)C4O)cc(=O)cc-3oc2-c2ccc(O)cc2)C(O)C(O)C1O. The zero-order chi connectivity index (χ0) is 38.0. The van der Waals surface area contributed by atoms with Gasteiger partial charge in [0.05, 0.1) is 12.2 Å². The monoisotopic (exact) mass is 740 g/mol. The highest BCUT2D eigenvalue weighted by atomic mass is 16.7. The predicted octanol–water partition coefficient (Wildman–Crippen LogP) is -0.556. The van der Waals surface area contributed by atoms with Gasteiger partial charge in [-0.15, -0.1) is 0 Å². The summed E-state index contributed by atoms with van der Waals surface area (Å²) >= 11 is 0. The lowest BCUT2D eigenvalue weighted by Crippen LogP contribution is -2.60. The normalized spacial score (nSPS) is 28.9. The number of benzene rings is 3. The number of aliphatic hydroxyl groups excluding tert-OH is 7. The molecule has 0 aromatic heterocycles. The van der Waals surface area contributed by atoms with E-state index in [4.69, 9.17) is 28.1 Å². The van der Waals surface area contributed by atoms with E-state index in [2.05, 4.69) is 0 Å². The van der Waals surface area contributed by atoms with Crippen LogP contribution in [0.15, 0.2) is 82.0 Å². The second-order valence-corrected chi connectivity index (χ2v) is 12.3. The van der Waals surface area contributed by atoms with E-state index in [9.17, 15) is 55.5 Å². The number of esters is 1. The van der Waals surface area contributed by atoms with Crippen molar-refractivity contribution in [1.82, 2.24) is 0 Å². The summed E-state index contributed by atoms with van der Waals surface area (Å²) in [5.41, 5.74) is 0.281. The summed E-state index contributed by atoms with van der Waals surface area (Å²) in [6.45, 7) is -1.32. The van der Waals surface area contributed by atoms with Gasteiger partial charge in [0.25, 0.3) is 0 Å². The third-order valence-corrected chi connectivity index (χ3v) is 8.62. The maximum absolute atomic E-state index is 12.7. The maximum atomic E-state index is 12.7. The van der Waals surface area contributed by atoms with Crippen molar-refractivity contribution < 1.29 is 78.9 Å². The third kappa shape index (κ3) is 8.28. The smallest absolute Gasteiger partial charge is 0.330 e. The molecule has 2 aromatic rings. The van der Waals surface area contributed by atoms with Crippen molar-refractivity contribution in [3.05, 3.63) is 88.6 Å². The number of fused-ring (bicyclic) bond motifs is 1. The van der Waals surface area contributed by atoms with Gasteiger partial charge in [0.1, 0.15) is 78.4 Å². The van der Waals surface area contributed by atoms with Crippen LogP contribution in [-0.2, 0) is 19.0 Å². The van der Waals surface area contributed by atoms with Crippen LogP contribution in [0.1, 0.15) is 5.56 Å². The largest absolute Gasteiger partial charge is 0.508 e. The van der Waals surface area contributed by atoms with Gasteiger partial charge in [0.2, 0.25) is 12.6 Å². The molecule has 10 unspecified atom stereocenters. The van der Waals surface area contributed by atoms with Gasteiger partial charge in [-0.2, -0.15) is 0 Å². The first-order valence-electron chi connectivity index (χ1n) is 16.2. The van der Waals surface area contributed by atoms with Crippen molar-refractivity contribution in [3.63, 3.8) is 0 Å². The van der Waals surface area contributed by atoms with E-state index in [0.29, 0.717) is 11.1 Å². The molecular weight excluding hydrogens is 704 g/mol. The number of hydrogen-bond donors (Lipinski definition) is 9. The van der Waals surface area contributed by atoms with Crippen molar-refractivity contribution in [3.8, 4) is 45.6 Å². The number of rotatable bonds is 10. The Morgan fingerprint density at radius 2 is 1.26 bits per heavy atom. The summed E-state index contributed by atoms with van der Waals surface area (Å²) in [6.07, 6.45) is -14.4. The number of carbonyl (C=O) groups excluding carboxylic acids is 1. The Kier molecular flexibility index (Phi) is 11.3. The summed E-state index contributed by atoms with van der Waals surface area (Å²) in [5, 5.41) is 92.2. The van der Waals surface area contributed by atoms with Gasteiger partial charge in [0.15, 0.2) is 16.9 Å². The van der Waals surface area contributed by atoms with Crippen LogP contribution in [0.2, 0.25) is 0 Å². The van der Waals surface area contributed by atoms with E-state index in [1.165, 1.54) is 48.5 Å². The molecule has 0 radical (unpaired) electrons. The van der Waals surface area contributed by atoms with Crippen LogP contribution in [-0.4, -0.2) is 127 Å². The van der Waals surface area contributed by atoms with Gasteiger partial charge in [-0.05, 0) is 54.1 Å². The first-order valence-corrected chi connectivity index (χ1v) is 16.2. The van der Waals surface area contributed by atoms with E-state index >= 15 is 0 Å². The van der Waals surface area contributed by atoms with Crippen LogP contribution in [0.25, 0.3) is 28.7 Å². The van der Waals surface area contributed by atoms with Gasteiger partial charge in [-0.1, -0.05) is 12.1 Å². The summed E-state index contributed by atoms with van der Waals surface area (Å²) in [6, 6.07) is 15.0. The van der Waals surface area contributed by atoms with Crippen LogP contribution in [0, 0.1) is 0 Å². The number of aliphatic hydroxyl groups is 7. The topological polar surface area (TPSA) is 275 Å². The predicted molar refractivity (Wildman–Crippen MR) is 179 cm³/mol. The molecule has 2 aromatic carbocycles. The van der Waals surface area contributed by atoms with Crippen LogP contribution in [0.3, 0.4) is 0 Å². The fourth-order valence-corrected chi connectivity index (χ4v) is 5.69. The molecule has 2 saturated heterocycles. The Morgan fingerprint density at radius 3 is 1.89 bits per heavy atom. The van der Waals surface area contributed by atoms with Crippen molar-refractivity contribution in [2.24, 2.45) is 0 Å². The van der Waals surface area contributed by atoms with E-state index in [1.54, 1.807) is 12.1 Å². The van der Waals surface area contributed by atoms with Crippen molar-refractivity contribution in [2.45, 2.75) is 61.4 Å². The zero-order valence-corrected chi connectivity index (χ0v) is 27.5. The third-order valence-electron chi connectivity index (χ3n) is 8.62. The average Bonchev–Trinajstić information content (AvgIpc) is 3.14. The van der Waals surface area contributed by atoms with E-state index < -0.39 is 86.0 Å². The van der Waals surface area contributed by atoms with E-state index in [0.717, 1.165) is 18.2 Å². The second-order valence-electron chi connectivity index (χ2n) is 12.3. The van der Waals surface area contributed by atoms with Crippen LogP contribution < -0.4 is 14.9 Å². The summed E-state index contributed by atoms with van der Waals surface area (Å²) in [7, 11) is 0. The molecule has 0 saturated carbocycles. The lowest BCUT2D eigenvalue weighted by molar-refractivity contribution is -0.278. The van der Waals surface area contributed by atoms with Gasteiger partial charge < -0.3 is 74.1 Å². The van der Waals surface area contributed by atoms with Gasteiger partial charge >= 0.3 is 5.97 Å². The molecule has 0 bridgehead atoms. The fourth-order valence-electron chi connectivity index (χ4n) is 5.69. The molecule has 1 aliphatic carbocycles. The molecule has 17 heteroatoms. The Morgan fingerprint density at radius 1 is 0.698 bits per heavy atom. The molecular formula is C36H36O17. The van der Waals surface area contributed by atoms with Crippen LogP contribution in [0.4, 0.5) is 0 Å². The number of phenols is 2. The minimum absolute atomic E-state index is 0.0240. The molecule has 3 heterocycles. The maximum Gasteiger partial charge on any atom is 0.330 e. The Bertz CT molecular complexity index is 1920. The standard InChI is InChI=1S/C36H36O17/c37-14-25-28(42)30(44)32(46)35(52-25)50-23-12-20(40)11-22-21(23)13-24(34(49-22)17-4-8-19(39)9-5-17)51-36-33(47)31(45)29(43)26(53-36)15-48-27(41)10-3-16-1-6-18(38)7-2-16/h1-13,25-26,28-33,35-39,42-47H,14-15H2. The van der Waals surface area contributed by atoms with Crippen LogP contribution in [0.5, 0.6) is 23.0 Å². The summed E-state index contributed by atoms with van der Waals surface area (Å²) in [5.74, 6) is -1.49. The Balaban J connectivity index is 1.30. The number of aromatic hydroxyl groups is 2. The van der Waals surface area contributed by atoms with E-state index in [1.807, 2.05) is 0 Å². The van der Waals surface area contributed by atoms with Crippen molar-refractivity contribution >= 4 is 12.0 Å². The second kappa shape index (κ2) is 15.9. The summed E-state index contributed by atoms with van der Waals surface area (Å²) in [4.78, 5) is 25.2. The van der Waals surface area contributed by atoms with Crippen molar-refractivity contribution in [2.75, 3.05) is 13.2 Å². The lowest BCUT2D eigenvalue weighted by atomic mass is 9.99. The van der Waals surface area contributed by atoms with Gasteiger partial charge in [0, 0.05) is 23.8 Å². The molecule has 17 nitrogen and oxygen atoms in total. The highest BCUT2D eigenvalue weighted by molar-refractivity contribution is 5.87.